The molecule has 0 spiro atoms. The predicted molar refractivity (Wildman–Crippen MR) is 98.4 cm³/mol. The lowest BCUT2D eigenvalue weighted by molar-refractivity contribution is 0.750. The number of anilines is 2. The first-order valence-corrected chi connectivity index (χ1v) is 8.77. The first-order valence-electron chi connectivity index (χ1n) is 8.77. The van der Waals surface area contributed by atoms with Crippen molar-refractivity contribution in [3.8, 4) is 0 Å². The fraction of sp³-hybridized carbons (Fsp3) is 0.368. The molecule has 3 aromatic rings. The monoisotopic (exact) mass is 321 g/mol. The van der Waals surface area contributed by atoms with Gasteiger partial charge in [0.25, 0.3) is 0 Å². The summed E-state index contributed by atoms with van der Waals surface area (Å²) in [7, 11) is 0. The molecule has 124 valence electrons. The third-order valence-electron chi connectivity index (χ3n) is 4.72. The van der Waals surface area contributed by atoms with Crippen LogP contribution < -0.4 is 10.6 Å². The average molecular weight is 321 g/mol. The molecule has 1 aliphatic carbocycles. The highest BCUT2D eigenvalue weighted by Crippen LogP contribution is 2.21. The highest BCUT2D eigenvalue weighted by Gasteiger charge is 2.15. The maximum absolute atomic E-state index is 4.58. The number of H-pyrrole nitrogens is 1. The van der Waals surface area contributed by atoms with Gasteiger partial charge in [-0.1, -0.05) is 31.0 Å². The third kappa shape index (κ3) is 3.35. The molecule has 5 nitrogen and oxygen atoms in total. The largest absolute Gasteiger partial charge is 0.367 e. The van der Waals surface area contributed by atoms with Crippen molar-refractivity contribution < 1.29 is 0 Å². The van der Waals surface area contributed by atoms with Gasteiger partial charge in [-0.25, -0.2) is 4.98 Å². The minimum absolute atomic E-state index is 0.568. The van der Waals surface area contributed by atoms with Gasteiger partial charge in [-0.2, -0.15) is 4.98 Å². The number of fused-ring (bicyclic) bond motifs is 1. The summed E-state index contributed by atoms with van der Waals surface area (Å²) < 4.78 is 0. The second kappa shape index (κ2) is 6.91. The van der Waals surface area contributed by atoms with E-state index in [0.29, 0.717) is 12.0 Å². The summed E-state index contributed by atoms with van der Waals surface area (Å²) in [6, 6.07) is 10.9. The van der Waals surface area contributed by atoms with Gasteiger partial charge in [0.05, 0.1) is 0 Å². The van der Waals surface area contributed by atoms with Crippen molar-refractivity contribution in [2.75, 3.05) is 17.2 Å². The zero-order chi connectivity index (χ0) is 16.2. The van der Waals surface area contributed by atoms with Crippen molar-refractivity contribution in [2.24, 2.45) is 0 Å². The van der Waals surface area contributed by atoms with E-state index in [-0.39, 0.29) is 0 Å². The van der Waals surface area contributed by atoms with Gasteiger partial charge in [-0.05, 0) is 37.0 Å². The van der Waals surface area contributed by atoms with Crippen LogP contribution in [0.4, 0.5) is 11.8 Å². The Bertz CT molecular complexity index is 804. The molecule has 1 aromatic carbocycles. The van der Waals surface area contributed by atoms with E-state index >= 15 is 0 Å². The minimum Gasteiger partial charge on any atom is -0.367 e. The van der Waals surface area contributed by atoms with Gasteiger partial charge in [-0.3, -0.25) is 0 Å². The lowest BCUT2D eigenvalue weighted by Crippen LogP contribution is -2.16. The maximum Gasteiger partial charge on any atom is 0.224 e. The molecule has 0 aliphatic heterocycles. The second-order valence-corrected chi connectivity index (χ2v) is 6.43. The quantitative estimate of drug-likeness (QED) is 0.643. The van der Waals surface area contributed by atoms with Crippen molar-refractivity contribution in [1.82, 2.24) is 15.0 Å². The van der Waals surface area contributed by atoms with Crippen molar-refractivity contribution in [2.45, 2.75) is 38.1 Å². The van der Waals surface area contributed by atoms with Crippen LogP contribution in [0.5, 0.6) is 0 Å². The number of rotatable bonds is 6. The number of nitrogens with one attached hydrogen (secondary N) is 3. The second-order valence-electron chi connectivity index (χ2n) is 6.43. The topological polar surface area (TPSA) is 65.6 Å². The summed E-state index contributed by atoms with van der Waals surface area (Å²) in [4.78, 5) is 12.2. The number of hydrogen-bond donors (Lipinski definition) is 3. The van der Waals surface area contributed by atoms with E-state index < -0.39 is 0 Å². The average Bonchev–Trinajstić information content (AvgIpc) is 3.26. The summed E-state index contributed by atoms with van der Waals surface area (Å²) >= 11 is 0. The zero-order valence-corrected chi connectivity index (χ0v) is 13.8. The number of hydrogen-bond acceptors (Lipinski definition) is 4. The number of para-hydroxylation sites is 1. The maximum atomic E-state index is 4.58. The number of aromatic amines is 1. The standard InChI is InChI=1S/C19H23N5/c1-2-6-15(5-1)23-18-10-12-21-19(24-18)20-11-9-14-13-22-17-8-4-3-7-16(14)17/h3-4,7-8,10,12-13,15,22H,1-2,5-6,9,11H2,(H2,20,21,23,24). The molecule has 2 heterocycles. The summed E-state index contributed by atoms with van der Waals surface area (Å²) in [5.74, 6) is 1.62. The van der Waals surface area contributed by atoms with E-state index in [1.54, 1.807) is 0 Å². The van der Waals surface area contributed by atoms with Crippen molar-refractivity contribution >= 4 is 22.7 Å². The van der Waals surface area contributed by atoms with E-state index in [1.807, 2.05) is 12.3 Å². The van der Waals surface area contributed by atoms with E-state index in [9.17, 15) is 0 Å². The van der Waals surface area contributed by atoms with Gasteiger partial charge in [0.15, 0.2) is 0 Å². The summed E-state index contributed by atoms with van der Waals surface area (Å²) in [6.45, 7) is 0.814. The predicted octanol–water partition coefficient (Wildman–Crippen LogP) is 3.97. The fourth-order valence-electron chi connectivity index (χ4n) is 3.45. The number of nitrogens with zero attached hydrogens (tertiary/aromatic N) is 2. The molecule has 0 saturated heterocycles. The molecule has 0 unspecified atom stereocenters. The van der Waals surface area contributed by atoms with E-state index in [0.717, 1.165) is 18.8 Å². The molecule has 3 N–H and O–H groups in total. The van der Waals surface area contributed by atoms with Gasteiger partial charge in [0.1, 0.15) is 5.82 Å². The number of benzene rings is 1. The van der Waals surface area contributed by atoms with Crippen LogP contribution in [-0.2, 0) is 6.42 Å². The molecule has 0 bridgehead atoms. The van der Waals surface area contributed by atoms with E-state index in [2.05, 4.69) is 56.0 Å². The molecule has 0 amide bonds. The van der Waals surface area contributed by atoms with Crippen LogP contribution >= 0.6 is 0 Å². The minimum atomic E-state index is 0.568. The molecule has 1 fully saturated rings. The smallest absolute Gasteiger partial charge is 0.224 e. The Morgan fingerprint density at radius 3 is 2.92 bits per heavy atom. The Kier molecular flexibility index (Phi) is 4.32. The third-order valence-corrected chi connectivity index (χ3v) is 4.72. The van der Waals surface area contributed by atoms with Crippen LogP contribution in [0.1, 0.15) is 31.2 Å². The molecule has 4 rings (SSSR count). The Labute approximate surface area is 141 Å². The van der Waals surface area contributed by atoms with Crippen LogP contribution in [0, 0.1) is 0 Å². The summed E-state index contributed by atoms with van der Waals surface area (Å²) in [5.41, 5.74) is 2.50. The van der Waals surface area contributed by atoms with Crippen LogP contribution in [0.2, 0.25) is 0 Å². The van der Waals surface area contributed by atoms with Crippen molar-refractivity contribution in [1.29, 1.82) is 0 Å². The van der Waals surface area contributed by atoms with Gasteiger partial charge in [-0.15, -0.1) is 0 Å². The first-order chi connectivity index (χ1) is 11.9. The zero-order valence-electron chi connectivity index (χ0n) is 13.8. The Hall–Kier alpha value is -2.56. The molecule has 24 heavy (non-hydrogen) atoms. The van der Waals surface area contributed by atoms with Gasteiger partial charge >= 0.3 is 0 Å². The van der Waals surface area contributed by atoms with Crippen LogP contribution in [0.25, 0.3) is 10.9 Å². The van der Waals surface area contributed by atoms with Crippen molar-refractivity contribution in [3.63, 3.8) is 0 Å². The Morgan fingerprint density at radius 1 is 1.12 bits per heavy atom. The van der Waals surface area contributed by atoms with E-state index in [4.69, 9.17) is 0 Å². The molecule has 0 atom stereocenters. The SMILES string of the molecule is c1ccc2c(CCNc3nccc(NC4CCCC4)n3)c[nH]c2c1. The van der Waals surface area contributed by atoms with Crippen LogP contribution in [0.3, 0.4) is 0 Å². The molecule has 1 aliphatic rings. The lowest BCUT2D eigenvalue weighted by Gasteiger charge is -2.13. The first kappa shape index (κ1) is 15.0. The Morgan fingerprint density at radius 2 is 2.00 bits per heavy atom. The number of aromatic nitrogens is 3. The van der Waals surface area contributed by atoms with Crippen LogP contribution in [0.15, 0.2) is 42.7 Å². The van der Waals surface area contributed by atoms with E-state index in [1.165, 1.54) is 42.1 Å². The normalized spacial score (nSPS) is 15.0. The molecular formula is C19H23N5. The van der Waals surface area contributed by atoms with Gasteiger partial charge in [0.2, 0.25) is 5.95 Å². The highest BCUT2D eigenvalue weighted by molar-refractivity contribution is 5.83. The Balaban J connectivity index is 1.35. The molecule has 5 heteroatoms. The van der Waals surface area contributed by atoms with Crippen LogP contribution in [-0.4, -0.2) is 27.5 Å². The molecular weight excluding hydrogens is 298 g/mol. The highest BCUT2D eigenvalue weighted by atomic mass is 15.1. The molecule has 2 aromatic heterocycles. The lowest BCUT2D eigenvalue weighted by atomic mass is 10.1. The van der Waals surface area contributed by atoms with Gasteiger partial charge < -0.3 is 15.6 Å². The van der Waals surface area contributed by atoms with Crippen molar-refractivity contribution in [3.05, 3.63) is 48.3 Å². The fourth-order valence-corrected chi connectivity index (χ4v) is 3.45. The van der Waals surface area contributed by atoms with Gasteiger partial charge in [0, 0.05) is 35.9 Å². The molecule has 1 saturated carbocycles. The molecule has 0 radical (unpaired) electrons. The summed E-state index contributed by atoms with van der Waals surface area (Å²) in [5, 5.41) is 8.14. The summed E-state index contributed by atoms with van der Waals surface area (Å²) in [6.07, 6.45) is 9.97.